The Labute approximate surface area is 164 Å². The number of carbonyl (C=O) groups excluding carboxylic acids is 1. The van der Waals surface area contributed by atoms with Gasteiger partial charge in [-0.25, -0.2) is 9.50 Å². The van der Waals surface area contributed by atoms with Gasteiger partial charge in [-0.1, -0.05) is 36.4 Å². The number of benzene rings is 1. The fraction of sp³-hybridized carbons (Fsp3) is 0.409. The van der Waals surface area contributed by atoms with Crippen LogP contribution < -0.4 is 0 Å². The third-order valence-corrected chi connectivity index (χ3v) is 6.31. The number of nitrogens with zero attached hydrogens (tertiary/aromatic N) is 5. The third-order valence-electron chi connectivity index (χ3n) is 6.31. The second-order valence-corrected chi connectivity index (χ2v) is 8.07. The molecule has 2 fully saturated rings. The van der Waals surface area contributed by atoms with E-state index in [9.17, 15) is 4.79 Å². The van der Waals surface area contributed by atoms with E-state index >= 15 is 0 Å². The van der Waals surface area contributed by atoms with Gasteiger partial charge in [0.15, 0.2) is 5.65 Å². The van der Waals surface area contributed by atoms with Crippen molar-refractivity contribution in [2.45, 2.75) is 25.8 Å². The molecule has 2 saturated heterocycles. The zero-order valence-corrected chi connectivity index (χ0v) is 16.0. The summed E-state index contributed by atoms with van der Waals surface area (Å²) in [7, 11) is 0. The monoisotopic (exact) mass is 375 g/mol. The molecule has 1 amide bonds. The summed E-state index contributed by atoms with van der Waals surface area (Å²) < 4.78 is 1.90. The minimum atomic E-state index is -0.188. The molecule has 28 heavy (non-hydrogen) atoms. The van der Waals surface area contributed by atoms with E-state index in [4.69, 9.17) is 0 Å². The number of aromatic nitrogens is 3. The Kier molecular flexibility index (Phi) is 4.36. The lowest BCUT2D eigenvalue weighted by atomic mass is 9.85. The smallest absolute Gasteiger partial charge is 0.230 e. The van der Waals surface area contributed by atoms with Gasteiger partial charge in [0.2, 0.25) is 5.91 Å². The summed E-state index contributed by atoms with van der Waals surface area (Å²) in [5.74, 6) is 0.352. The van der Waals surface area contributed by atoms with Gasteiger partial charge in [0.05, 0.1) is 11.1 Å². The van der Waals surface area contributed by atoms with Gasteiger partial charge in [-0.3, -0.25) is 9.69 Å². The van der Waals surface area contributed by atoms with Crippen molar-refractivity contribution in [3.05, 3.63) is 66.1 Å². The summed E-state index contributed by atoms with van der Waals surface area (Å²) in [5, 5.41) is 4.33. The van der Waals surface area contributed by atoms with Gasteiger partial charge in [-0.05, 0) is 43.5 Å². The van der Waals surface area contributed by atoms with Crippen LogP contribution in [0.25, 0.3) is 5.65 Å². The third kappa shape index (κ3) is 3.07. The highest BCUT2D eigenvalue weighted by Crippen LogP contribution is 2.41. The average Bonchev–Trinajstić information content (AvgIpc) is 3.43. The van der Waals surface area contributed by atoms with Gasteiger partial charge in [-0.2, -0.15) is 5.10 Å². The predicted octanol–water partition coefficient (Wildman–Crippen LogP) is 2.40. The minimum Gasteiger partial charge on any atom is -0.342 e. The van der Waals surface area contributed by atoms with Crippen LogP contribution in [-0.4, -0.2) is 56.5 Å². The Bertz CT molecular complexity index is 985. The summed E-state index contributed by atoms with van der Waals surface area (Å²) in [6, 6.07) is 16.5. The van der Waals surface area contributed by atoms with E-state index in [1.165, 1.54) is 5.56 Å². The molecular formula is C22H25N5O. The predicted molar refractivity (Wildman–Crippen MR) is 107 cm³/mol. The zero-order chi connectivity index (χ0) is 19.0. The molecule has 0 radical (unpaired) electrons. The van der Waals surface area contributed by atoms with Gasteiger partial charge >= 0.3 is 0 Å². The topological polar surface area (TPSA) is 53.7 Å². The first kappa shape index (κ1) is 17.4. The van der Waals surface area contributed by atoms with Crippen LogP contribution in [0.3, 0.4) is 0 Å². The lowest BCUT2D eigenvalue weighted by molar-refractivity contribution is -0.135. The van der Waals surface area contributed by atoms with E-state index in [0.29, 0.717) is 5.91 Å². The van der Waals surface area contributed by atoms with Crippen molar-refractivity contribution in [3.63, 3.8) is 0 Å². The van der Waals surface area contributed by atoms with Crippen molar-refractivity contribution in [1.29, 1.82) is 0 Å². The lowest BCUT2D eigenvalue weighted by Crippen LogP contribution is -2.37. The van der Waals surface area contributed by atoms with Crippen LogP contribution in [0.4, 0.5) is 0 Å². The molecule has 144 valence electrons. The molecular weight excluding hydrogens is 350 g/mol. The first-order valence-electron chi connectivity index (χ1n) is 10.1. The summed E-state index contributed by atoms with van der Waals surface area (Å²) in [4.78, 5) is 21.9. The molecule has 2 aliphatic heterocycles. The normalized spacial score (nSPS) is 22.7. The van der Waals surface area contributed by atoms with E-state index in [1.54, 1.807) is 6.33 Å². The summed E-state index contributed by atoms with van der Waals surface area (Å²) >= 11 is 0. The number of amides is 1. The average molecular weight is 375 g/mol. The molecule has 1 spiro atoms. The van der Waals surface area contributed by atoms with Gasteiger partial charge in [-0.15, -0.1) is 0 Å². The Morgan fingerprint density at radius 3 is 2.75 bits per heavy atom. The van der Waals surface area contributed by atoms with Crippen molar-refractivity contribution in [2.24, 2.45) is 5.41 Å². The number of rotatable bonds is 5. The molecule has 0 aliphatic carbocycles. The SMILES string of the molecule is O=C1N(CCc2ccccc2)CCC12CCN(Cc1cccc3ncnn13)C2. The van der Waals surface area contributed by atoms with Crippen LogP contribution in [0.15, 0.2) is 54.9 Å². The minimum absolute atomic E-state index is 0.188. The number of hydrogen-bond acceptors (Lipinski definition) is 4. The number of pyridine rings is 1. The van der Waals surface area contributed by atoms with Crippen LogP contribution in [0.1, 0.15) is 24.1 Å². The quantitative estimate of drug-likeness (QED) is 0.687. The van der Waals surface area contributed by atoms with Crippen molar-refractivity contribution < 1.29 is 4.79 Å². The molecule has 1 aromatic carbocycles. The van der Waals surface area contributed by atoms with Gasteiger partial charge in [0, 0.05) is 26.2 Å². The first-order valence-corrected chi connectivity index (χ1v) is 10.1. The van der Waals surface area contributed by atoms with E-state index in [-0.39, 0.29) is 5.41 Å². The lowest BCUT2D eigenvalue weighted by Gasteiger charge is -2.24. The fourth-order valence-corrected chi connectivity index (χ4v) is 4.74. The number of carbonyl (C=O) groups is 1. The molecule has 0 bridgehead atoms. The van der Waals surface area contributed by atoms with Crippen molar-refractivity contribution in [2.75, 3.05) is 26.2 Å². The van der Waals surface area contributed by atoms with Crippen LogP contribution in [0.5, 0.6) is 0 Å². The highest BCUT2D eigenvalue weighted by atomic mass is 16.2. The van der Waals surface area contributed by atoms with Gasteiger partial charge in [0.25, 0.3) is 0 Å². The molecule has 1 atom stereocenters. The molecule has 0 N–H and O–H groups in total. The molecule has 0 saturated carbocycles. The highest BCUT2D eigenvalue weighted by Gasteiger charge is 2.50. The highest BCUT2D eigenvalue weighted by molar-refractivity contribution is 5.85. The van der Waals surface area contributed by atoms with Crippen molar-refractivity contribution >= 4 is 11.6 Å². The molecule has 5 rings (SSSR count). The first-order chi connectivity index (χ1) is 13.7. The Morgan fingerprint density at radius 2 is 1.86 bits per heavy atom. The van der Waals surface area contributed by atoms with Crippen LogP contribution in [0, 0.1) is 5.41 Å². The standard InChI is InChI=1S/C22H25N5O/c28-21-22(11-14-26(21)12-9-18-5-2-1-3-6-18)10-13-25(16-22)15-19-7-4-8-20-23-17-24-27(19)20/h1-8,17H,9-16H2. The maximum atomic E-state index is 13.2. The maximum Gasteiger partial charge on any atom is 0.230 e. The molecule has 3 aromatic rings. The Morgan fingerprint density at radius 1 is 1.00 bits per heavy atom. The number of hydrogen-bond donors (Lipinski definition) is 0. The molecule has 2 aliphatic rings. The molecule has 1 unspecified atom stereocenters. The van der Waals surface area contributed by atoms with Crippen LogP contribution in [-0.2, 0) is 17.8 Å². The summed E-state index contributed by atoms with van der Waals surface area (Å²) in [6.07, 6.45) is 4.46. The summed E-state index contributed by atoms with van der Waals surface area (Å²) in [5.41, 5.74) is 3.10. The van der Waals surface area contributed by atoms with Gasteiger partial charge in [0.1, 0.15) is 6.33 Å². The number of likely N-dealkylation sites (tertiary alicyclic amines) is 2. The zero-order valence-electron chi connectivity index (χ0n) is 16.0. The van der Waals surface area contributed by atoms with Crippen LogP contribution >= 0.6 is 0 Å². The molecule has 6 nitrogen and oxygen atoms in total. The molecule has 4 heterocycles. The maximum absolute atomic E-state index is 13.2. The number of fused-ring (bicyclic) bond motifs is 1. The largest absolute Gasteiger partial charge is 0.342 e. The Hall–Kier alpha value is -2.73. The van der Waals surface area contributed by atoms with E-state index in [0.717, 1.165) is 63.3 Å². The van der Waals surface area contributed by atoms with Gasteiger partial charge < -0.3 is 4.90 Å². The van der Waals surface area contributed by atoms with Crippen molar-refractivity contribution in [1.82, 2.24) is 24.4 Å². The summed E-state index contributed by atoms with van der Waals surface area (Å²) in [6.45, 7) is 4.32. The van der Waals surface area contributed by atoms with E-state index in [1.807, 2.05) is 22.7 Å². The van der Waals surface area contributed by atoms with Crippen molar-refractivity contribution in [3.8, 4) is 0 Å². The Balaban J connectivity index is 1.23. The second kappa shape index (κ2) is 7.02. The second-order valence-electron chi connectivity index (χ2n) is 8.07. The van der Waals surface area contributed by atoms with E-state index < -0.39 is 0 Å². The molecule has 6 heteroatoms. The van der Waals surface area contributed by atoms with E-state index in [2.05, 4.69) is 50.2 Å². The molecule has 2 aromatic heterocycles. The fourth-order valence-electron chi connectivity index (χ4n) is 4.74. The van der Waals surface area contributed by atoms with Crippen LogP contribution in [0.2, 0.25) is 0 Å².